The van der Waals surface area contributed by atoms with Crippen LogP contribution in [0.25, 0.3) is 21.7 Å². The van der Waals surface area contributed by atoms with Crippen LogP contribution in [0.3, 0.4) is 0 Å². The van der Waals surface area contributed by atoms with E-state index in [2.05, 4.69) is 25.8 Å². The molecular weight excluding hydrogens is 414 g/mol. The highest BCUT2D eigenvalue weighted by atomic mass is 35.5. The number of anilines is 1. The van der Waals surface area contributed by atoms with Crippen molar-refractivity contribution in [3.05, 3.63) is 71.4 Å². The molecule has 2 atom stereocenters. The molecule has 154 valence electrons. The zero-order valence-electron chi connectivity index (χ0n) is 16.5. The summed E-state index contributed by atoms with van der Waals surface area (Å²) in [5.74, 6) is -0.923. The van der Waals surface area contributed by atoms with Gasteiger partial charge in [-0.25, -0.2) is 9.79 Å². The van der Waals surface area contributed by atoms with E-state index in [4.69, 9.17) is 11.6 Å². The standard InChI is InChI=1S/C23H18ClN5O2/c1-12-19(22(30)26-16-8-9-18-17(11-16)21(24)29-28-18)20(27-23(31)25-12)15-7-6-13-4-2-3-5-14(13)10-15/h2-11,19-20H,1H3,(H,26,30)(H,27,31)(H,28,29). The molecule has 7 nitrogen and oxygen atoms in total. The maximum Gasteiger partial charge on any atom is 0.341 e. The molecule has 3 N–H and O–H groups in total. The van der Waals surface area contributed by atoms with Crippen LogP contribution in [-0.4, -0.2) is 27.8 Å². The van der Waals surface area contributed by atoms with Gasteiger partial charge in [-0.1, -0.05) is 48.0 Å². The number of halogens is 1. The van der Waals surface area contributed by atoms with E-state index in [0.717, 1.165) is 16.3 Å². The van der Waals surface area contributed by atoms with Crippen LogP contribution in [-0.2, 0) is 4.79 Å². The van der Waals surface area contributed by atoms with Crippen LogP contribution in [0.2, 0.25) is 5.15 Å². The van der Waals surface area contributed by atoms with Gasteiger partial charge in [0.1, 0.15) is 11.1 Å². The average molecular weight is 432 g/mol. The first kappa shape index (κ1) is 19.3. The number of carbonyl (C=O) groups excluding carboxylic acids is 2. The molecule has 3 aromatic carbocycles. The second-order valence-corrected chi connectivity index (χ2v) is 7.90. The molecule has 0 radical (unpaired) electrons. The molecule has 1 aromatic heterocycles. The number of amides is 3. The molecule has 0 spiro atoms. The zero-order valence-corrected chi connectivity index (χ0v) is 17.3. The summed E-state index contributed by atoms with van der Waals surface area (Å²) in [5.41, 5.74) is 2.60. The van der Waals surface area contributed by atoms with Gasteiger partial charge in [-0.3, -0.25) is 9.89 Å². The second-order valence-electron chi connectivity index (χ2n) is 7.52. The summed E-state index contributed by atoms with van der Waals surface area (Å²) in [6.45, 7) is 1.70. The van der Waals surface area contributed by atoms with E-state index >= 15 is 0 Å². The maximum atomic E-state index is 13.3. The lowest BCUT2D eigenvalue weighted by atomic mass is 9.86. The van der Waals surface area contributed by atoms with E-state index < -0.39 is 18.0 Å². The molecule has 0 saturated heterocycles. The van der Waals surface area contributed by atoms with Gasteiger partial charge in [-0.2, -0.15) is 5.10 Å². The lowest BCUT2D eigenvalue weighted by molar-refractivity contribution is -0.118. The van der Waals surface area contributed by atoms with Crippen molar-refractivity contribution >= 4 is 56.6 Å². The van der Waals surface area contributed by atoms with Crippen molar-refractivity contribution in [1.29, 1.82) is 0 Å². The number of aliphatic imine (C=N–C) groups is 1. The second kappa shape index (κ2) is 7.52. The maximum absolute atomic E-state index is 13.3. The van der Waals surface area contributed by atoms with Gasteiger partial charge in [0.15, 0.2) is 0 Å². The number of aromatic amines is 1. The van der Waals surface area contributed by atoms with Gasteiger partial charge in [0.05, 0.1) is 11.6 Å². The Hall–Kier alpha value is -3.71. The largest absolute Gasteiger partial charge is 0.341 e. The third-order valence-electron chi connectivity index (χ3n) is 5.53. The topological polar surface area (TPSA) is 99.2 Å². The fourth-order valence-electron chi connectivity index (χ4n) is 4.01. The van der Waals surface area contributed by atoms with E-state index in [9.17, 15) is 9.59 Å². The van der Waals surface area contributed by atoms with Crippen molar-refractivity contribution < 1.29 is 9.59 Å². The highest BCUT2D eigenvalue weighted by Crippen LogP contribution is 2.31. The van der Waals surface area contributed by atoms with Crippen molar-refractivity contribution in [2.45, 2.75) is 13.0 Å². The van der Waals surface area contributed by atoms with Gasteiger partial charge in [-0.05, 0) is 47.5 Å². The Kier molecular flexibility index (Phi) is 4.67. The van der Waals surface area contributed by atoms with E-state index in [-0.39, 0.29) is 5.91 Å². The quantitative estimate of drug-likeness (QED) is 0.432. The Bertz CT molecular complexity index is 1380. The number of nitrogens with zero attached hydrogens (tertiary/aromatic N) is 2. The summed E-state index contributed by atoms with van der Waals surface area (Å²) in [6.07, 6.45) is 0. The van der Waals surface area contributed by atoms with Crippen molar-refractivity contribution in [3.8, 4) is 0 Å². The minimum Gasteiger partial charge on any atom is -0.328 e. The highest BCUT2D eigenvalue weighted by Gasteiger charge is 2.37. The molecule has 1 aliphatic heterocycles. The van der Waals surface area contributed by atoms with Gasteiger partial charge in [0.2, 0.25) is 5.91 Å². The lowest BCUT2D eigenvalue weighted by Crippen LogP contribution is -2.45. The predicted molar refractivity (Wildman–Crippen MR) is 122 cm³/mol. The predicted octanol–water partition coefficient (Wildman–Crippen LogP) is 4.85. The number of benzene rings is 3. The molecule has 5 rings (SSSR count). The monoisotopic (exact) mass is 431 g/mol. The normalized spacial score (nSPS) is 18.6. The number of rotatable bonds is 3. The van der Waals surface area contributed by atoms with E-state index in [1.54, 1.807) is 25.1 Å². The SMILES string of the molecule is CC1=NC(=O)NC(c2ccc3ccccc3c2)C1C(=O)Nc1ccc2n[nH]c(Cl)c2c1. The number of hydrogen-bond acceptors (Lipinski definition) is 3. The van der Waals surface area contributed by atoms with E-state index in [1.165, 1.54) is 0 Å². The Morgan fingerprint density at radius 2 is 1.87 bits per heavy atom. The van der Waals surface area contributed by atoms with Gasteiger partial charge >= 0.3 is 6.03 Å². The minimum absolute atomic E-state index is 0.265. The number of urea groups is 1. The fraction of sp³-hybridized carbons (Fsp3) is 0.130. The number of fused-ring (bicyclic) bond motifs is 2. The van der Waals surface area contributed by atoms with Gasteiger partial charge < -0.3 is 10.6 Å². The highest BCUT2D eigenvalue weighted by molar-refractivity contribution is 6.34. The van der Waals surface area contributed by atoms with Crippen molar-refractivity contribution in [3.63, 3.8) is 0 Å². The first-order chi connectivity index (χ1) is 15.0. The summed E-state index contributed by atoms with van der Waals surface area (Å²) in [7, 11) is 0. The molecule has 0 saturated carbocycles. The van der Waals surface area contributed by atoms with Crippen molar-refractivity contribution in [2.75, 3.05) is 5.32 Å². The third-order valence-corrected chi connectivity index (χ3v) is 5.82. The number of H-pyrrole nitrogens is 1. The van der Waals surface area contributed by atoms with Crippen molar-refractivity contribution in [1.82, 2.24) is 15.5 Å². The average Bonchev–Trinajstić information content (AvgIpc) is 3.13. The summed E-state index contributed by atoms with van der Waals surface area (Å²) in [6, 6.07) is 18.2. The summed E-state index contributed by atoms with van der Waals surface area (Å²) >= 11 is 6.12. The van der Waals surface area contributed by atoms with Crippen LogP contribution in [0, 0.1) is 5.92 Å². The van der Waals surface area contributed by atoms with Gasteiger partial charge in [-0.15, -0.1) is 0 Å². The van der Waals surface area contributed by atoms with Crippen LogP contribution in [0.1, 0.15) is 18.5 Å². The lowest BCUT2D eigenvalue weighted by Gasteiger charge is -2.30. The molecule has 0 fully saturated rings. The van der Waals surface area contributed by atoms with E-state index in [0.29, 0.717) is 27.5 Å². The molecule has 8 heteroatoms. The molecule has 0 bridgehead atoms. The molecular formula is C23H18ClN5O2. The van der Waals surface area contributed by atoms with Crippen LogP contribution in [0.4, 0.5) is 10.5 Å². The Labute approximate surface area is 182 Å². The Balaban J connectivity index is 1.49. The fourth-order valence-corrected chi connectivity index (χ4v) is 4.21. The van der Waals surface area contributed by atoms with Gasteiger partial charge in [0, 0.05) is 16.8 Å². The summed E-state index contributed by atoms with van der Waals surface area (Å²) in [5, 5.41) is 15.8. The van der Waals surface area contributed by atoms with Crippen molar-refractivity contribution in [2.24, 2.45) is 10.9 Å². The smallest absolute Gasteiger partial charge is 0.328 e. The molecule has 4 aromatic rings. The molecule has 1 aliphatic rings. The van der Waals surface area contributed by atoms with Gasteiger partial charge in [0.25, 0.3) is 0 Å². The Morgan fingerprint density at radius 1 is 1.06 bits per heavy atom. The molecule has 31 heavy (non-hydrogen) atoms. The first-order valence-corrected chi connectivity index (χ1v) is 10.2. The minimum atomic E-state index is -0.658. The summed E-state index contributed by atoms with van der Waals surface area (Å²) in [4.78, 5) is 29.4. The van der Waals surface area contributed by atoms with E-state index in [1.807, 2.05) is 42.5 Å². The molecule has 3 amide bonds. The number of aromatic nitrogens is 2. The number of nitrogens with one attached hydrogen (secondary N) is 3. The molecule has 2 heterocycles. The molecule has 2 unspecified atom stereocenters. The zero-order chi connectivity index (χ0) is 21.5. The number of carbonyl (C=O) groups is 2. The number of hydrogen-bond donors (Lipinski definition) is 3. The Morgan fingerprint density at radius 3 is 2.71 bits per heavy atom. The third kappa shape index (κ3) is 3.53. The summed E-state index contributed by atoms with van der Waals surface area (Å²) < 4.78 is 0. The van der Waals surface area contributed by atoms with Crippen LogP contribution >= 0.6 is 11.6 Å². The van der Waals surface area contributed by atoms with Crippen LogP contribution in [0.5, 0.6) is 0 Å². The molecule has 0 aliphatic carbocycles. The van der Waals surface area contributed by atoms with Crippen LogP contribution in [0.15, 0.2) is 65.7 Å². The first-order valence-electron chi connectivity index (χ1n) is 9.78. The van der Waals surface area contributed by atoms with Crippen LogP contribution < -0.4 is 10.6 Å².